The highest BCUT2D eigenvalue weighted by Crippen LogP contribution is 2.25. The lowest BCUT2D eigenvalue weighted by Gasteiger charge is -2.24. The second kappa shape index (κ2) is 9.00. The summed E-state index contributed by atoms with van der Waals surface area (Å²) in [5, 5.41) is 6.31. The van der Waals surface area contributed by atoms with Gasteiger partial charge in [-0.25, -0.2) is 4.39 Å². The fraction of sp³-hybridized carbons (Fsp3) is 0.174. The number of anilines is 1. The van der Waals surface area contributed by atoms with E-state index in [-0.39, 0.29) is 17.0 Å². The monoisotopic (exact) mass is 396 g/mol. The maximum atomic E-state index is 13.2. The van der Waals surface area contributed by atoms with Crippen molar-refractivity contribution >= 4 is 23.2 Å². The Morgan fingerprint density at radius 3 is 2.25 bits per heavy atom. The number of carbonyl (C=O) groups excluding carboxylic acids is 1. The second-order valence-electron chi connectivity index (χ2n) is 6.76. The van der Waals surface area contributed by atoms with E-state index in [9.17, 15) is 9.18 Å². The molecular weight excluding hydrogens is 375 g/mol. The first-order valence-corrected chi connectivity index (χ1v) is 9.45. The van der Waals surface area contributed by atoms with Crippen molar-refractivity contribution in [3.8, 4) is 0 Å². The topological polar surface area (TPSA) is 41.1 Å². The van der Waals surface area contributed by atoms with Crippen molar-refractivity contribution in [2.75, 3.05) is 5.32 Å². The number of amides is 1. The van der Waals surface area contributed by atoms with Gasteiger partial charge in [-0.2, -0.15) is 0 Å². The number of benzene rings is 3. The summed E-state index contributed by atoms with van der Waals surface area (Å²) in [5.41, 5.74) is 3.68. The summed E-state index contributed by atoms with van der Waals surface area (Å²) in [6.07, 6.45) is 0. The third-order valence-electron chi connectivity index (χ3n) is 4.54. The van der Waals surface area contributed by atoms with Crippen LogP contribution in [0.1, 0.15) is 29.7 Å². The van der Waals surface area contributed by atoms with Crippen molar-refractivity contribution in [2.24, 2.45) is 0 Å². The van der Waals surface area contributed by atoms with Crippen LogP contribution >= 0.6 is 11.6 Å². The Bertz CT molecular complexity index is 945. The van der Waals surface area contributed by atoms with Crippen LogP contribution in [0.4, 0.5) is 10.1 Å². The van der Waals surface area contributed by atoms with Crippen molar-refractivity contribution < 1.29 is 9.18 Å². The number of hydrogen-bond donors (Lipinski definition) is 2. The van der Waals surface area contributed by atoms with E-state index >= 15 is 0 Å². The van der Waals surface area contributed by atoms with Crippen molar-refractivity contribution in [3.63, 3.8) is 0 Å². The molecule has 3 nitrogen and oxygen atoms in total. The normalized spacial score (nSPS) is 13.0. The highest BCUT2D eigenvalue weighted by Gasteiger charge is 2.21. The number of aryl methyl sites for hydroxylation is 1. The minimum atomic E-state index is -0.507. The van der Waals surface area contributed by atoms with E-state index in [0.29, 0.717) is 5.69 Å². The van der Waals surface area contributed by atoms with Crippen LogP contribution in [0.2, 0.25) is 5.02 Å². The van der Waals surface area contributed by atoms with E-state index in [1.807, 2.05) is 37.3 Å². The first kappa shape index (κ1) is 20.1. The Hall–Kier alpha value is -2.69. The number of halogens is 2. The zero-order chi connectivity index (χ0) is 20.1. The van der Waals surface area contributed by atoms with Crippen LogP contribution in [-0.4, -0.2) is 11.9 Å². The molecule has 0 fully saturated rings. The smallest absolute Gasteiger partial charge is 0.241 e. The number of carbonyl (C=O) groups is 1. The van der Waals surface area contributed by atoms with E-state index in [1.165, 1.54) is 23.8 Å². The van der Waals surface area contributed by atoms with Crippen LogP contribution in [0.25, 0.3) is 0 Å². The van der Waals surface area contributed by atoms with Gasteiger partial charge in [0.25, 0.3) is 0 Å². The molecule has 0 spiro atoms. The average molecular weight is 397 g/mol. The zero-order valence-electron chi connectivity index (χ0n) is 15.7. The lowest BCUT2D eigenvalue weighted by molar-refractivity contribution is -0.117. The quantitative estimate of drug-likeness (QED) is 0.578. The summed E-state index contributed by atoms with van der Waals surface area (Å²) in [5.74, 6) is -0.695. The summed E-state index contributed by atoms with van der Waals surface area (Å²) < 4.78 is 13.2. The van der Waals surface area contributed by atoms with Gasteiger partial charge in [0, 0.05) is 0 Å². The zero-order valence-corrected chi connectivity index (χ0v) is 16.5. The number of nitrogens with one attached hydrogen (secondary N) is 2. The summed E-state index contributed by atoms with van der Waals surface area (Å²) in [6.45, 7) is 3.83. The lowest BCUT2D eigenvalue weighted by Crippen LogP contribution is -2.40. The summed E-state index contributed by atoms with van der Waals surface area (Å²) >= 11 is 6.02. The molecule has 0 aromatic heterocycles. The highest BCUT2D eigenvalue weighted by molar-refractivity contribution is 6.33. The Balaban J connectivity index is 1.79. The third kappa shape index (κ3) is 4.97. The maximum absolute atomic E-state index is 13.2. The van der Waals surface area contributed by atoms with E-state index in [2.05, 4.69) is 34.9 Å². The molecule has 0 saturated heterocycles. The molecule has 0 bridgehead atoms. The van der Waals surface area contributed by atoms with Crippen LogP contribution in [-0.2, 0) is 4.79 Å². The number of hydrogen-bond acceptors (Lipinski definition) is 2. The molecule has 3 aromatic rings. The first-order chi connectivity index (χ1) is 13.4. The molecule has 0 aliphatic rings. The second-order valence-corrected chi connectivity index (χ2v) is 7.16. The molecule has 0 heterocycles. The van der Waals surface area contributed by atoms with Gasteiger partial charge in [0.05, 0.1) is 22.8 Å². The molecule has 0 aliphatic carbocycles. The summed E-state index contributed by atoms with van der Waals surface area (Å²) in [6, 6.07) is 21.4. The fourth-order valence-electron chi connectivity index (χ4n) is 2.95. The lowest BCUT2D eigenvalue weighted by atomic mass is 9.97. The van der Waals surface area contributed by atoms with Crippen molar-refractivity contribution in [3.05, 3.63) is 100 Å². The van der Waals surface area contributed by atoms with Crippen LogP contribution in [0.15, 0.2) is 72.8 Å². The predicted octanol–water partition coefficient (Wildman–Crippen LogP) is 5.49. The van der Waals surface area contributed by atoms with Crippen LogP contribution in [0.5, 0.6) is 0 Å². The van der Waals surface area contributed by atoms with E-state index in [0.717, 1.165) is 11.1 Å². The van der Waals surface area contributed by atoms with Gasteiger partial charge in [0.15, 0.2) is 0 Å². The fourth-order valence-corrected chi connectivity index (χ4v) is 3.16. The standard InChI is InChI=1S/C23H22ClFN2O/c1-15-8-10-18(11-9-15)22(17-6-4-3-5-7-17)26-16(2)23(28)27-21-13-12-19(25)14-20(21)24/h3-14,16,22,26H,1-2H3,(H,27,28)/t16-,22-/m1/s1. The minimum Gasteiger partial charge on any atom is -0.323 e. The molecule has 2 N–H and O–H groups in total. The van der Waals surface area contributed by atoms with Gasteiger partial charge in [-0.3, -0.25) is 10.1 Å². The molecule has 0 unspecified atom stereocenters. The van der Waals surface area contributed by atoms with Gasteiger partial charge in [-0.1, -0.05) is 71.8 Å². The molecule has 3 rings (SSSR count). The van der Waals surface area contributed by atoms with E-state index < -0.39 is 11.9 Å². The molecule has 0 aliphatic heterocycles. The van der Waals surface area contributed by atoms with Gasteiger partial charge in [0.1, 0.15) is 5.82 Å². The molecule has 1 amide bonds. The molecule has 0 radical (unpaired) electrons. The van der Waals surface area contributed by atoms with E-state index in [1.54, 1.807) is 6.92 Å². The Morgan fingerprint density at radius 2 is 1.61 bits per heavy atom. The Kier molecular flexibility index (Phi) is 6.45. The Morgan fingerprint density at radius 1 is 0.964 bits per heavy atom. The number of rotatable bonds is 6. The van der Waals surface area contributed by atoms with Crippen molar-refractivity contribution in [1.29, 1.82) is 0 Å². The van der Waals surface area contributed by atoms with Gasteiger partial charge in [-0.15, -0.1) is 0 Å². The molecular formula is C23H22ClFN2O. The van der Waals surface area contributed by atoms with Gasteiger partial charge < -0.3 is 5.32 Å². The molecule has 5 heteroatoms. The van der Waals surface area contributed by atoms with Gasteiger partial charge in [-0.05, 0) is 43.2 Å². The van der Waals surface area contributed by atoms with Crippen LogP contribution in [0.3, 0.4) is 0 Å². The maximum Gasteiger partial charge on any atom is 0.241 e. The molecule has 3 aromatic carbocycles. The van der Waals surface area contributed by atoms with Crippen molar-refractivity contribution in [1.82, 2.24) is 5.32 Å². The van der Waals surface area contributed by atoms with Gasteiger partial charge >= 0.3 is 0 Å². The summed E-state index contributed by atoms with van der Waals surface area (Å²) in [7, 11) is 0. The molecule has 2 atom stereocenters. The molecule has 144 valence electrons. The SMILES string of the molecule is Cc1ccc([C@H](N[C@H](C)C(=O)Nc2ccc(F)cc2Cl)c2ccccc2)cc1. The van der Waals surface area contributed by atoms with Crippen molar-refractivity contribution in [2.45, 2.75) is 25.9 Å². The predicted molar refractivity (Wildman–Crippen MR) is 112 cm³/mol. The van der Waals surface area contributed by atoms with E-state index in [4.69, 9.17) is 11.6 Å². The first-order valence-electron chi connectivity index (χ1n) is 9.07. The summed E-state index contributed by atoms with van der Waals surface area (Å²) in [4.78, 5) is 12.7. The third-order valence-corrected chi connectivity index (χ3v) is 4.86. The van der Waals surface area contributed by atoms with Crippen LogP contribution < -0.4 is 10.6 Å². The Labute approximate surface area is 169 Å². The largest absolute Gasteiger partial charge is 0.323 e. The molecule has 0 saturated carbocycles. The van der Waals surface area contributed by atoms with Crippen LogP contribution in [0, 0.1) is 12.7 Å². The highest BCUT2D eigenvalue weighted by atomic mass is 35.5. The minimum absolute atomic E-state index is 0.147. The average Bonchev–Trinajstić information content (AvgIpc) is 2.69. The molecule has 28 heavy (non-hydrogen) atoms. The van der Waals surface area contributed by atoms with Gasteiger partial charge in [0.2, 0.25) is 5.91 Å².